The fourth-order valence-corrected chi connectivity index (χ4v) is 3.75. The summed E-state index contributed by atoms with van der Waals surface area (Å²) < 4.78 is 37.5. The molecule has 0 aliphatic carbocycles. The molecule has 1 fully saturated rings. The van der Waals surface area contributed by atoms with E-state index < -0.39 is 15.9 Å². The highest BCUT2D eigenvalue weighted by Crippen LogP contribution is 2.17. The molecule has 1 heterocycles. The maximum absolute atomic E-state index is 11.3. The summed E-state index contributed by atoms with van der Waals surface area (Å²) in [5.41, 5.74) is 0. The lowest BCUT2D eigenvalue weighted by Gasteiger charge is -2.10. The summed E-state index contributed by atoms with van der Waals surface area (Å²) in [5, 5.41) is 11.0. The van der Waals surface area contributed by atoms with E-state index in [0.717, 1.165) is 0 Å². The number of carbonyl (C=O) groups excluding carboxylic acids is 1. The van der Waals surface area contributed by atoms with Crippen LogP contribution >= 0.6 is 0 Å². The molecule has 9 heteroatoms. The first-order chi connectivity index (χ1) is 10.0. The Morgan fingerprint density at radius 3 is 2.43 bits per heavy atom. The van der Waals surface area contributed by atoms with Crippen molar-refractivity contribution < 1.29 is 32.5 Å². The number of alkyl carbamates (subject to hydrolysis) is 1. The molecule has 0 bridgehead atoms. The monoisotopic (exact) mass is 325 g/mol. The Hall–Kier alpha value is -0.900. The molecule has 2 N–H and O–H groups in total. The number of nitrogens with one attached hydrogen (secondary N) is 1. The lowest BCUT2D eigenvalue weighted by Crippen LogP contribution is -2.31. The van der Waals surface area contributed by atoms with Crippen LogP contribution < -0.4 is 5.32 Å². The molecule has 0 aromatic heterocycles. The van der Waals surface area contributed by atoms with Gasteiger partial charge in [-0.2, -0.15) is 0 Å². The van der Waals surface area contributed by atoms with Crippen LogP contribution in [0.15, 0.2) is 0 Å². The van der Waals surface area contributed by atoms with Gasteiger partial charge in [0.1, 0.15) is 6.61 Å². The van der Waals surface area contributed by atoms with Crippen LogP contribution in [0.4, 0.5) is 4.79 Å². The minimum absolute atomic E-state index is 0.0222. The Morgan fingerprint density at radius 2 is 1.81 bits per heavy atom. The molecule has 0 saturated carbocycles. The fraction of sp³-hybridized carbons (Fsp3) is 0.917. The van der Waals surface area contributed by atoms with Crippen LogP contribution in [0.3, 0.4) is 0 Å². The van der Waals surface area contributed by atoms with E-state index in [-0.39, 0.29) is 43.9 Å². The molecule has 0 spiro atoms. The van der Waals surface area contributed by atoms with Crippen molar-refractivity contribution in [1.82, 2.24) is 5.32 Å². The first kappa shape index (κ1) is 18.1. The Bertz CT molecular complexity index is 398. The highest BCUT2D eigenvalue weighted by atomic mass is 32.2. The van der Waals surface area contributed by atoms with Crippen molar-refractivity contribution in [3.05, 3.63) is 0 Å². The van der Waals surface area contributed by atoms with Gasteiger partial charge in [0.15, 0.2) is 9.84 Å². The van der Waals surface area contributed by atoms with E-state index in [1.165, 1.54) is 0 Å². The molecule has 1 aliphatic rings. The number of aliphatic hydroxyl groups is 1. The van der Waals surface area contributed by atoms with Gasteiger partial charge in [-0.05, 0) is 12.3 Å². The molecular weight excluding hydrogens is 302 g/mol. The number of hydrogen-bond acceptors (Lipinski definition) is 7. The number of ether oxygens (including phenoxy) is 3. The zero-order chi connectivity index (χ0) is 15.6. The van der Waals surface area contributed by atoms with Crippen LogP contribution in [0.1, 0.15) is 6.42 Å². The molecule has 1 atom stereocenters. The molecule has 0 aromatic carbocycles. The number of carbonyl (C=O) groups is 1. The van der Waals surface area contributed by atoms with Gasteiger partial charge in [-0.25, -0.2) is 13.2 Å². The van der Waals surface area contributed by atoms with E-state index >= 15 is 0 Å². The highest BCUT2D eigenvalue weighted by molar-refractivity contribution is 7.91. The summed E-state index contributed by atoms with van der Waals surface area (Å²) in [6.07, 6.45) is 0.0129. The normalized spacial score (nSPS) is 20.3. The van der Waals surface area contributed by atoms with Gasteiger partial charge in [-0.15, -0.1) is 0 Å². The predicted octanol–water partition coefficient (Wildman–Crippen LogP) is -0.827. The van der Waals surface area contributed by atoms with E-state index in [4.69, 9.17) is 19.3 Å². The van der Waals surface area contributed by atoms with Crippen molar-refractivity contribution in [2.24, 2.45) is 5.92 Å². The lowest BCUT2D eigenvalue weighted by molar-refractivity contribution is 0.0186. The molecule has 1 saturated heterocycles. The number of hydrogen-bond donors (Lipinski definition) is 2. The van der Waals surface area contributed by atoms with Gasteiger partial charge in [0.25, 0.3) is 0 Å². The summed E-state index contributed by atoms with van der Waals surface area (Å²) in [4.78, 5) is 11.3. The van der Waals surface area contributed by atoms with Crippen LogP contribution in [-0.2, 0) is 24.0 Å². The number of sulfone groups is 1. The minimum Gasteiger partial charge on any atom is -0.447 e. The molecule has 0 unspecified atom stereocenters. The number of aliphatic hydroxyl groups excluding tert-OH is 1. The van der Waals surface area contributed by atoms with Crippen LogP contribution in [0.5, 0.6) is 0 Å². The SMILES string of the molecule is O=C(NC[C@H]1CCS(=O)(=O)C1)OCCOCCOCCO. The average molecular weight is 325 g/mol. The van der Waals surface area contributed by atoms with Crippen LogP contribution in [0.25, 0.3) is 0 Å². The van der Waals surface area contributed by atoms with Crippen molar-refractivity contribution in [1.29, 1.82) is 0 Å². The van der Waals surface area contributed by atoms with E-state index in [9.17, 15) is 13.2 Å². The Balaban J connectivity index is 1.92. The largest absolute Gasteiger partial charge is 0.447 e. The summed E-state index contributed by atoms with van der Waals surface area (Å²) >= 11 is 0. The van der Waals surface area contributed by atoms with Crippen LogP contribution in [0, 0.1) is 5.92 Å². The maximum atomic E-state index is 11.3. The number of rotatable bonds is 10. The molecule has 124 valence electrons. The third-order valence-corrected chi connectivity index (χ3v) is 4.77. The van der Waals surface area contributed by atoms with E-state index in [1.807, 2.05) is 0 Å². The van der Waals surface area contributed by atoms with Gasteiger partial charge in [-0.1, -0.05) is 0 Å². The van der Waals surface area contributed by atoms with E-state index in [1.54, 1.807) is 0 Å². The summed E-state index contributed by atoms with van der Waals surface area (Å²) in [7, 11) is -2.92. The summed E-state index contributed by atoms with van der Waals surface area (Å²) in [6, 6.07) is 0. The Kier molecular flexibility index (Phi) is 8.58. The van der Waals surface area contributed by atoms with Gasteiger partial charge in [-0.3, -0.25) is 0 Å². The Labute approximate surface area is 124 Å². The van der Waals surface area contributed by atoms with Gasteiger partial charge < -0.3 is 24.6 Å². The van der Waals surface area contributed by atoms with E-state index in [0.29, 0.717) is 26.2 Å². The average Bonchev–Trinajstić information content (AvgIpc) is 2.79. The third kappa shape index (κ3) is 8.86. The molecule has 21 heavy (non-hydrogen) atoms. The maximum Gasteiger partial charge on any atom is 0.407 e. The predicted molar refractivity (Wildman–Crippen MR) is 74.8 cm³/mol. The van der Waals surface area contributed by atoms with Crippen molar-refractivity contribution in [3.63, 3.8) is 0 Å². The molecule has 1 rings (SSSR count). The molecule has 1 amide bonds. The van der Waals surface area contributed by atoms with Gasteiger partial charge >= 0.3 is 6.09 Å². The molecule has 0 radical (unpaired) electrons. The second kappa shape index (κ2) is 9.93. The van der Waals surface area contributed by atoms with Gasteiger partial charge in [0.2, 0.25) is 0 Å². The zero-order valence-corrected chi connectivity index (χ0v) is 12.8. The molecule has 0 aromatic rings. The van der Waals surface area contributed by atoms with Crippen LogP contribution in [0.2, 0.25) is 0 Å². The lowest BCUT2D eigenvalue weighted by atomic mass is 10.1. The first-order valence-corrected chi connectivity index (χ1v) is 8.73. The number of amides is 1. The van der Waals surface area contributed by atoms with Gasteiger partial charge in [0, 0.05) is 6.54 Å². The van der Waals surface area contributed by atoms with Crippen molar-refractivity contribution in [2.45, 2.75) is 6.42 Å². The second-order valence-corrected chi connectivity index (χ2v) is 6.96. The fourth-order valence-electron chi connectivity index (χ4n) is 1.89. The van der Waals surface area contributed by atoms with Crippen molar-refractivity contribution >= 4 is 15.9 Å². The standard InChI is InChI=1S/C12H23NO7S/c14-2-3-18-4-5-19-6-7-20-12(15)13-9-11-1-8-21(16,17)10-11/h11,14H,1-10H2,(H,13,15)/t11-/m1/s1. The third-order valence-electron chi connectivity index (χ3n) is 2.93. The topological polar surface area (TPSA) is 111 Å². The quantitative estimate of drug-likeness (QED) is 0.504. The highest BCUT2D eigenvalue weighted by Gasteiger charge is 2.27. The van der Waals surface area contributed by atoms with Crippen molar-refractivity contribution in [3.8, 4) is 0 Å². The minimum atomic E-state index is -2.92. The molecule has 8 nitrogen and oxygen atoms in total. The Morgan fingerprint density at radius 1 is 1.14 bits per heavy atom. The summed E-state index contributed by atoms with van der Waals surface area (Å²) in [6.45, 7) is 1.69. The second-order valence-electron chi connectivity index (χ2n) is 4.73. The van der Waals surface area contributed by atoms with Crippen molar-refractivity contribution in [2.75, 3.05) is 57.7 Å². The van der Waals surface area contributed by atoms with Crippen LogP contribution in [-0.4, -0.2) is 77.3 Å². The smallest absolute Gasteiger partial charge is 0.407 e. The zero-order valence-electron chi connectivity index (χ0n) is 12.0. The summed E-state index contributed by atoms with van der Waals surface area (Å²) in [5.74, 6) is 0.299. The molecular formula is C12H23NO7S. The van der Waals surface area contributed by atoms with E-state index in [2.05, 4.69) is 5.32 Å². The molecule has 1 aliphatic heterocycles. The van der Waals surface area contributed by atoms with Gasteiger partial charge in [0.05, 0.1) is 44.5 Å². The first-order valence-electron chi connectivity index (χ1n) is 6.91.